The van der Waals surface area contributed by atoms with Crippen LogP contribution in [0, 0.1) is 5.41 Å². The number of anilines is 1. The number of hydrogen-bond acceptors (Lipinski definition) is 4. The number of benzene rings is 2. The first kappa shape index (κ1) is 20.1. The zero-order valence-electron chi connectivity index (χ0n) is 18.3. The quantitative estimate of drug-likeness (QED) is 0.716. The molecule has 0 spiro atoms. The van der Waals surface area contributed by atoms with Gasteiger partial charge in [0.05, 0.1) is 5.41 Å². The van der Waals surface area contributed by atoms with Gasteiger partial charge in [0, 0.05) is 18.2 Å². The molecule has 2 aromatic carbocycles. The van der Waals surface area contributed by atoms with Crippen molar-refractivity contribution < 1.29 is 19.4 Å². The molecular weight excluding hydrogens is 390 g/mol. The molecule has 1 amide bonds. The lowest BCUT2D eigenvalue weighted by molar-refractivity contribution is -0.118. The second-order valence-corrected chi connectivity index (χ2v) is 9.86. The Bertz CT molecular complexity index is 1080. The Morgan fingerprint density at radius 1 is 1.13 bits per heavy atom. The molecule has 5 heteroatoms. The molecule has 5 rings (SSSR count). The highest BCUT2D eigenvalue weighted by molar-refractivity contribution is 6.01. The normalized spacial score (nSPS) is 20.3. The number of hydrogen-bond donors (Lipinski definition) is 2. The van der Waals surface area contributed by atoms with Gasteiger partial charge >= 0.3 is 0 Å². The van der Waals surface area contributed by atoms with E-state index >= 15 is 0 Å². The highest BCUT2D eigenvalue weighted by atomic mass is 16.7. The fourth-order valence-corrected chi connectivity index (χ4v) is 4.92. The summed E-state index contributed by atoms with van der Waals surface area (Å²) in [7, 11) is 0. The topological polar surface area (TPSA) is 67.8 Å². The van der Waals surface area contributed by atoms with Crippen LogP contribution in [0.2, 0.25) is 0 Å². The highest BCUT2D eigenvalue weighted by Crippen LogP contribution is 2.52. The fraction of sp³-hybridized carbons (Fsp3) is 0.423. The van der Waals surface area contributed by atoms with Gasteiger partial charge < -0.3 is 19.9 Å². The van der Waals surface area contributed by atoms with E-state index in [-0.39, 0.29) is 30.6 Å². The predicted octanol–water partition coefficient (Wildman–Crippen LogP) is 4.99. The molecule has 0 bridgehead atoms. The second-order valence-electron chi connectivity index (χ2n) is 9.86. The van der Waals surface area contributed by atoms with Crippen LogP contribution in [0.15, 0.2) is 42.0 Å². The first-order chi connectivity index (χ1) is 14.8. The number of carbonyl (C=O) groups is 1. The van der Waals surface area contributed by atoms with Crippen molar-refractivity contribution in [1.29, 1.82) is 0 Å². The molecule has 1 saturated carbocycles. The molecule has 2 N–H and O–H groups in total. The molecule has 0 aromatic heterocycles. The average molecular weight is 420 g/mol. The number of aliphatic hydroxyl groups is 1. The molecule has 2 aliphatic carbocycles. The number of aliphatic hydroxyl groups excluding tert-OH is 1. The molecule has 2 aromatic rings. The minimum absolute atomic E-state index is 0.0204. The maximum atomic E-state index is 13.3. The molecular formula is C26H29NO4. The third-order valence-electron chi connectivity index (χ3n) is 6.80. The van der Waals surface area contributed by atoms with Crippen molar-refractivity contribution in [2.24, 2.45) is 5.41 Å². The summed E-state index contributed by atoms with van der Waals surface area (Å²) < 4.78 is 10.9. The summed E-state index contributed by atoms with van der Waals surface area (Å²) in [6, 6.07) is 11.9. The molecule has 1 aliphatic heterocycles. The summed E-state index contributed by atoms with van der Waals surface area (Å²) in [5.74, 6) is 1.64. The molecule has 0 radical (unpaired) electrons. The average Bonchev–Trinajstić information content (AvgIpc) is 3.27. The first-order valence-corrected chi connectivity index (χ1v) is 11.0. The maximum Gasteiger partial charge on any atom is 0.235 e. The molecule has 5 nitrogen and oxygen atoms in total. The minimum Gasteiger partial charge on any atom is -0.454 e. The van der Waals surface area contributed by atoms with Crippen LogP contribution < -0.4 is 14.8 Å². The third kappa shape index (κ3) is 3.41. The van der Waals surface area contributed by atoms with Crippen LogP contribution in [0.1, 0.15) is 62.6 Å². The number of ether oxygens (including phenoxy) is 2. The van der Waals surface area contributed by atoms with Gasteiger partial charge in [0.25, 0.3) is 0 Å². The SMILES string of the molecule is CC(C)(C)C1=Cc2ccc(NC(=O)C3(c4ccc5c(c4)OCO5)CC3)cc2C1CCO. The lowest BCUT2D eigenvalue weighted by Crippen LogP contribution is -2.27. The van der Waals surface area contributed by atoms with Gasteiger partial charge in [-0.3, -0.25) is 4.79 Å². The van der Waals surface area contributed by atoms with Crippen LogP contribution >= 0.6 is 0 Å². The largest absolute Gasteiger partial charge is 0.454 e. The van der Waals surface area contributed by atoms with Crippen molar-refractivity contribution in [2.45, 2.75) is 51.4 Å². The van der Waals surface area contributed by atoms with Gasteiger partial charge in [0.2, 0.25) is 12.7 Å². The zero-order valence-corrected chi connectivity index (χ0v) is 18.3. The molecule has 0 saturated heterocycles. The van der Waals surface area contributed by atoms with Gasteiger partial charge in [-0.15, -0.1) is 0 Å². The van der Waals surface area contributed by atoms with Crippen LogP contribution in [0.4, 0.5) is 5.69 Å². The van der Waals surface area contributed by atoms with E-state index in [0.717, 1.165) is 29.8 Å². The van der Waals surface area contributed by atoms with E-state index < -0.39 is 5.41 Å². The number of carbonyl (C=O) groups excluding carboxylic acids is 1. The van der Waals surface area contributed by atoms with Crippen molar-refractivity contribution in [2.75, 3.05) is 18.7 Å². The van der Waals surface area contributed by atoms with Crippen molar-refractivity contribution >= 4 is 17.7 Å². The Balaban J connectivity index is 1.39. The van der Waals surface area contributed by atoms with Crippen LogP contribution in [0.25, 0.3) is 6.08 Å². The van der Waals surface area contributed by atoms with Gasteiger partial charge in [-0.1, -0.05) is 44.6 Å². The summed E-state index contributed by atoms with van der Waals surface area (Å²) in [6.45, 7) is 6.99. The van der Waals surface area contributed by atoms with Gasteiger partial charge in [-0.05, 0) is 65.6 Å². The highest BCUT2D eigenvalue weighted by Gasteiger charge is 2.51. The molecule has 3 aliphatic rings. The fourth-order valence-electron chi connectivity index (χ4n) is 4.92. The summed E-state index contributed by atoms with van der Waals surface area (Å²) in [4.78, 5) is 13.3. The first-order valence-electron chi connectivity index (χ1n) is 11.0. The summed E-state index contributed by atoms with van der Waals surface area (Å²) in [6.07, 6.45) is 4.59. The van der Waals surface area contributed by atoms with E-state index in [1.165, 1.54) is 16.7 Å². The Kier molecular flexibility index (Phi) is 4.63. The number of allylic oxidation sites excluding steroid dienone is 1. The summed E-state index contributed by atoms with van der Waals surface area (Å²) in [5.41, 5.74) is 5.01. The van der Waals surface area contributed by atoms with Crippen LogP contribution in [-0.2, 0) is 10.2 Å². The number of amides is 1. The van der Waals surface area contributed by atoms with E-state index in [1.807, 2.05) is 24.3 Å². The summed E-state index contributed by atoms with van der Waals surface area (Å²) in [5, 5.41) is 12.8. The zero-order chi connectivity index (χ0) is 21.8. The number of nitrogens with one attached hydrogen (secondary N) is 1. The minimum atomic E-state index is -0.501. The Hall–Kier alpha value is -2.79. The smallest absolute Gasteiger partial charge is 0.235 e. The lowest BCUT2D eigenvalue weighted by Gasteiger charge is -2.27. The molecule has 31 heavy (non-hydrogen) atoms. The predicted molar refractivity (Wildman–Crippen MR) is 120 cm³/mol. The van der Waals surface area contributed by atoms with Gasteiger partial charge in [0.15, 0.2) is 11.5 Å². The van der Waals surface area contributed by atoms with E-state index in [2.05, 4.69) is 44.3 Å². The van der Waals surface area contributed by atoms with Crippen molar-refractivity contribution in [1.82, 2.24) is 0 Å². The van der Waals surface area contributed by atoms with Crippen LogP contribution in [-0.4, -0.2) is 24.4 Å². The number of rotatable bonds is 5. The lowest BCUT2D eigenvalue weighted by atomic mass is 9.78. The van der Waals surface area contributed by atoms with Gasteiger partial charge in [-0.2, -0.15) is 0 Å². The van der Waals surface area contributed by atoms with Crippen molar-refractivity contribution in [3.05, 3.63) is 58.7 Å². The Labute approximate surface area is 183 Å². The Morgan fingerprint density at radius 3 is 2.61 bits per heavy atom. The molecule has 1 heterocycles. The molecule has 1 atom stereocenters. The van der Waals surface area contributed by atoms with Crippen molar-refractivity contribution in [3.8, 4) is 11.5 Å². The van der Waals surface area contributed by atoms with Crippen molar-refractivity contribution in [3.63, 3.8) is 0 Å². The summed E-state index contributed by atoms with van der Waals surface area (Å²) >= 11 is 0. The van der Waals surface area contributed by atoms with E-state index in [4.69, 9.17) is 9.47 Å². The monoisotopic (exact) mass is 419 g/mol. The molecule has 162 valence electrons. The van der Waals surface area contributed by atoms with E-state index in [9.17, 15) is 9.90 Å². The third-order valence-corrected chi connectivity index (χ3v) is 6.80. The Morgan fingerprint density at radius 2 is 1.90 bits per heavy atom. The second kappa shape index (κ2) is 7.13. The van der Waals surface area contributed by atoms with Crippen LogP contribution in [0.3, 0.4) is 0 Å². The number of fused-ring (bicyclic) bond motifs is 2. The maximum absolute atomic E-state index is 13.3. The molecule has 1 fully saturated rings. The molecule has 1 unspecified atom stereocenters. The van der Waals surface area contributed by atoms with Gasteiger partial charge in [-0.25, -0.2) is 0 Å². The van der Waals surface area contributed by atoms with Gasteiger partial charge in [0.1, 0.15) is 0 Å². The standard InChI is InChI=1S/C26H29NO4/c1-25(2,3)21-12-16-4-6-18(14-20(16)19(21)8-11-28)27-24(29)26(9-10-26)17-5-7-22-23(13-17)31-15-30-22/h4-7,12-14,19,28H,8-11,15H2,1-3H3,(H,27,29). The van der Waals surface area contributed by atoms with E-state index in [1.54, 1.807) is 0 Å². The van der Waals surface area contributed by atoms with Crippen LogP contribution in [0.5, 0.6) is 11.5 Å². The van der Waals surface area contributed by atoms with E-state index in [0.29, 0.717) is 12.2 Å².